The lowest BCUT2D eigenvalue weighted by molar-refractivity contribution is -0.140. The van der Waals surface area contributed by atoms with Gasteiger partial charge in [0.15, 0.2) is 5.65 Å². The molecule has 3 rings (SSSR count). The third kappa shape index (κ3) is 2.24. The van der Waals surface area contributed by atoms with Crippen molar-refractivity contribution in [3.05, 3.63) is 47.7 Å². The zero-order valence-corrected chi connectivity index (χ0v) is 12.7. The molecule has 5 heteroatoms. The van der Waals surface area contributed by atoms with Gasteiger partial charge in [0.2, 0.25) is 0 Å². The third-order valence-corrected chi connectivity index (χ3v) is 3.80. The average molecular weight is 295 g/mol. The molecule has 1 N–H and O–H groups in total. The highest BCUT2D eigenvalue weighted by molar-refractivity contribution is 5.82. The van der Waals surface area contributed by atoms with Crippen LogP contribution in [0.4, 0.5) is 0 Å². The van der Waals surface area contributed by atoms with E-state index in [0.717, 1.165) is 16.7 Å². The van der Waals surface area contributed by atoms with Crippen molar-refractivity contribution in [2.75, 3.05) is 0 Å². The van der Waals surface area contributed by atoms with Crippen molar-refractivity contribution in [2.24, 2.45) is 0 Å². The van der Waals surface area contributed by atoms with Gasteiger partial charge in [-0.2, -0.15) is 0 Å². The summed E-state index contributed by atoms with van der Waals surface area (Å²) in [5.74, 6) is -0.266. The van der Waals surface area contributed by atoms with Crippen molar-refractivity contribution in [1.29, 1.82) is 0 Å². The number of nitrogens with zero attached hydrogens (tertiary/aromatic N) is 3. The Kier molecular flexibility index (Phi) is 3.41. The molecule has 0 bridgehead atoms. The topological polar surface area (TPSA) is 68.0 Å². The minimum absolute atomic E-state index is 0.596. The number of aromatic nitrogens is 3. The van der Waals surface area contributed by atoms with Crippen LogP contribution in [0.1, 0.15) is 24.1 Å². The first-order chi connectivity index (χ1) is 10.5. The third-order valence-electron chi connectivity index (χ3n) is 3.80. The van der Waals surface area contributed by atoms with E-state index in [-0.39, 0.29) is 0 Å². The van der Waals surface area contributed by atoms with Gasteiger partial charge in [-0.25, -0.2) is 14.8 Å². The first-order valence-electron chi connectivity index (χ1n) is 7.12. The number of carboxylic acid groups (broad SMARTS) is 1. The van der Waals surface area contributed by atoms with Gasteiger partial charge in [-0.05, 0) is 38.0 Å². The van der Waals surface area contributed by atoms with Crippen LogP contribution in [-0.2, 0) is 4.79 Å². The van der Waals surface area contributed by atoms with Gasteiger partial charge in [0.25, 0.3) is 0 Å². The lowest BCUT2D eigenvalue weighted by Gasteiger charge is -2.14. The van der Waals surface area contributed by atoms with Crippen molar-refractivity contribution >= 4 is 17.1 Å². The fourth-order valence-corrected chi connectivity index (χ4v) is 2.57. The lowest BCUT2D eigenvalue weighted by atomic mass is 10.1. The zero-order chi connectivity index (χ0) is 15.9. The second-order valence-electron chi connectivity index (χ2n) is 5.49. The molecule has 22 heavy (non-hydrogen) atoms. The number of carboxylic acids is 1. The predicted molar refractivity (Wildman–Crippen MR) is 84.8 cm³/mol. The Balaban J connectivity index is 2.36. The van der Waals surface area contributed by atoms with Gasteiger partial charge in [-0.15, -0.1) is 0 Å². The first-order valence-corrected chi connectivity index (χ1v) is 7.12. The Bertz CT molecular complexity index is 867. The highest BCUT2D eigenvalue weighted by Gasteiger charge is 2.23. The number of aliphatic carboxylic acids is 1. The van der Waals surface area contributed by atoms with E-state index in [4.69, 9.17) is 0 Å². The second kappa shape index (κ2) is 5.26. The van der Waals surface area contributed by atoms with Gasteiger partial charge >= 0.3 is 5.97 Å². The highest BCUT2D eigenvalue weighted by atomic mass is 16.4. The molecule has 3 aromatic rings. The van der Waals surface area contributed by atoms with E-state index in [1.807, 2.05) is 44.2 Å². The molecular weight excluding hydrogens is 278 g/mol. The minimum atomic E-state index is -0.906. The van der Waals surface area contributed by atoms with Crippen LogP contribution in [0, 0.1) is 13.8 Å². The molecule has 0 saturated heterocycles. The Hall–Kier alpha value is -2.69. The second-order valence-corrected chi connectivity index (χ2v) is 5.49. The molecule has 1 aromatic carbocycles. The summed E-state index contributed by atoms with van der Waals surface area (Å²) >= 11 is 0. The number of rotatable bonds is 3. The van der Waals surface area contributed by atoms with Crippen molar-refractivity contribution in [3.63, 3.8) is 0 Å². The van der Waals surface area contributed by atoms with Crippen LogP contribution in [0.15, 0.2) is 36.5 Å². The van der Waals surface area contributed by atoms with Gasteiger partial charge in [-0.1, -0.05) is 24.3 Å². The number of imidazole rings is 1. The van der Waals surface area contributed by atoms with Crippen LogP contribution in [0.5, 0.6) is 0 Å². The van der Waals surface area contributed by atoms with Crippen LogP contribution < -0.4 is 0 Å². The molecule has 2 heterocycles. The number of aryl methyl sites for hydroxylation is 2. The van der Waals surface area contributed by atoms with Crippen molar-refractivity contribution in [2.45, 2.75) is 26.8 Å². The Morgan fingerprint density at radius 3 is 2.68 bits per heavy atom. The first kappa shape index (κ1) is 14.3. The number of fused-ring (bicyclic) bond motifs is 1. The van der Waals surface area contributed by atoms with Crippen LogP contribution >= 0.6 is 0 Å². The summed E-state index contributed by atoms with van der Waals surface area (Å²) < 4.78 is 1.69. The maximum Gasteiger partial charge on any atom is 0.326 e. The predicted octanol–water partition coefficient (Wildman–Crippen LogP) is 3.36. The highest BCUT2D eigenvalue weighted by Crippen LogP contribution is 2.29. The largest absolute Gasteiger partial charge is 0.480 e. The van der Waals surface area contributed by atoms with E-state index in [0.29, 0.717) is 17.0 Å². The van der Waals surface area contributed by atoms with Gasteiger partial charge in [0.05, 0.1) is 0 Å². The zero-order valence-electron chi connectivity index (χ0n) is 12.7. The molecule has 0 amide bonds. The number of pyridine rings is 1. The molecule has 1 unspecified atom stereocenters. The molecule has 0 aliphatic carbocycles. The summed E-state index contributed by atoms with van der Waals surface area (Å²) in [5, 5.41) is 9.43. The molecule has 0 radical (unpaired) electrons. The summed E-state index contributed by atoms with van der Waals surface area (Å²) in [6.45, 7) is 5.58. The van der Waals surface area contributed by atoms with Crippen LogP contribution in [0.2, 0.25) is 0 Å². The van der Waals surface area contributed by atoms with E-state index in [1.54, 1.807) is 17.7 Å². The van der Waals surface area contributed by atoms with Crippen molar-refractivity contribution in [1.82, 2.24) is 14.5 Å². The monoisotopic (exact) mass is 295 g/mol. The van der Waals surface area contributed by atoms with E-state index in [9.17, 15) is 9.90 Å². The maximum absolute atomic E-state index is 11.5. The fourth-order valence-electron chi connectivity index (χ4n) is 2.57. The summed E-state index contributed by atoms with van der Waals surface area (Å²) in [4.78, 5) is 20.5. The molecule has 2 aromatic heterocycles. The van der Waals surface area contributed by atoms with Crippen molar-refractivity contribution < 1.29 is 9.90 Å². The SMILES string of the molecule is Cc1cnc2c(c1)nc(-c1ccccc1C)n2C(C)C(=O)O. The Morgan fingerprint density at radius 2 is 2.00 bits per heavy atom. The van der Waals surface area contributed by atoms with Crippen LogP contribution in [-0.4, -0.2) is 25.6 Å². The molecule has 1 atom stereocenters. The number of carbonyl (C=O) groups is 1. The minimum Gasteiger partial charge on any atom is -0.480 e. The summed E-state index contributed by atoms with van der Waals surface area (Å²) in [6.07, 6.45) is 1.73. The van der Waals surface area contributed by atoms with Crippen LogP contribution in [0.3, 0.4) is 0 Å². The molecule has 0 saturated carbocycles. The van der Waals surface area contributed by atoms with Gasteiger partial charge < -0.3 is 5.11 Å². The molecule has 0 fully saturated rings. The van der Waals surface area contributed by atoms with Crippen molar-refractivity contribution in [3.8, 4) is 11.4 Å². The summed E-state index contributed by atoms with van der Waals surface area (Å²) in [6, 6.07) is 9.01. The molecule has 5 nitrogen and oxygen atoms in total. The average Bonchev–Trinajstić information content (AvgIpc) is 2.84. The molecule has 0 spiro atoms. The molecule has 0 aliphatic rings. The van der Waals surface area contributed by atoms with E-state index in [1.165, 1.54) is 0 Å². The summed E-state index contributed by atoms with van der Waals surface area (Å²) in [5.41, 5.74) is 4.28. The van der Waals surface area contributed by atoms with Gasteiger partial charge in [-0.3, -0.25) is 4.57 Å². The molecular formula is C17H17N3O2. The smallest absolute Gasteiger partial charge is 0.326 e. The molecule has 112 valence electrons. The number of benzene rings is 1. The maximum atomic E-state index is 11.5. The fraction of sp³-hybridized carbons (Fsp3) is 0.235. The van der Waals surface area contributed by atoms with Gasteiger partial charge in [0.1, 0.15) is 17.4 Å². The summed E-state index contributed by atoms with van der Waals surface area (Å²) in [7, 11) is 0. The van der Waals surface area contributed by atoms with Gasteiger partial charge in [0, 0.05) is 11.8 Å². The van der Waals surface area contributed by atoms with E-state index in [2.05, 4.69) is 9.97 Å². The standard InChI is InChI=1S/C17H17N3O2/c1-10-8-14-16(18-9-10)20(12(3)17(21)22)15(19-14)13-7-5-4-6-11(13)2/h4-9,12H,1-3H3,(H,21,22). The Morgan fingerprint density at radius 1 is 1.27 bits per heavy atom. The molecule has 0 aliphatic heterocycles. The quantitative estimate of drug-likeness (QED) is 0.804. The van der Waals surface area contributed by atoms with E-state index < -0.39 is 12.0 Å². The number of hydrogen-bond acceptors (Lipinski definition) is 3. The number of hydrogen-bond donors (Lipinski definition) is 1. The lowest BCUT2D eigenvalue weighted by Crippen LogP contribution is -2.17. The Labute approximate surface area is 128 Å². The van der Waals surface area contributed by atoms with E-state index >= 15 is 0 Å². The normalized spacial score (nSPS) is 12.5. The van der Waals surface area contributed by atoms with Crippen LogP contribution in [0.25, 0.3) is 22.6 Å².